The quantitative estimate of drug-likeness (QED) is 0.731. The van der Waals surface area contributed by atoms with E-state index in [0.717, 1.165) is 12.8 Å². The molecular weight excluding hydrogens is 188 g/mol. The molecular formula is C12H16N2O. The Morgan fingerprint density at radius 3 is 2.60 bits per heavy atom. The number of hydrogen-bond acceptors (Lipinski definition) is 2. The lowest BCUT2D eigenvalue weighted by atomic mass is 9.85. The van der Waals surface area contributed by atoms with Gasteiger partial charge >= 0.3 is 0 Å². The molecule has 15 heavy (non-hydrogen) atoms. The van der Waals surface area contributed by atoms with Crippen LogP contribution < -0.4 is 10.9 Å². The molecule has 1 fully saturated rings. The average Bonchev–Trinajstić information content (AvgIpc) is 2.16. The van der Waals surface area contributed by atoms with Crippen LogP contribution >= 0.6 is 0 Å². The van der Waals surface area contributed by atoms with Gasteiger partial charge in [-0.1, -0.05) is 36.8 Å². The third-order valence-corrected chi connectivity index (χ3v) is 2.82. The lowest BCUT2D eigenvalue weighted by Gasteiger charge is -2.24. The van der Waals surface area contributed by atoms with Crippen LogP contribution in [0.3, 0.4) is 0 Å². The number of amides is 1. The predicted octanol–water partition coefficient (Wildman–Crippen LogP) is 1.61. The Morgan fingerprint density at radius 2 is 2.00 bits per heavy atom. The zero-order chi connectivity index (χ0) is 10.5. The first kappa shape index (κ1) is 10.2. The number of benzene rings is 1. The van der Waals surface area contributed by atoms with Gasteiger partial charge in [0.05, 0.1) is 0 Å². The van der Waals surface area contributed by atoms with Crippen molar-refractivity contribution < 1.29 is 4.79 Å². The summed E-state index contributed by atoms with van der Waals surface area (Å²) in [5.41, 5.74) is 6.87. The standard InChI is InChI=1S/C12H16N2O/c15-12(11-7-4-8-11)14-13-9-10-5-2-1-3-6-10/h1-3,5-6,11,13H,4,7-9H2,(H,14,15). The molecule has 0 atom stereocenters. The molecule has 0 spiro atoms. The van der Waals surface area contributed by atoms with Gasteiger partial charge in [0.2, 0.25) is 5.91 Å². The first-order chi connectivity index (χ1) is 7.36. The van der Waals surface area contributed by atoms with Crippen molar-refractivity contribution in [1.82, 2.24) is 10.9 Å². The monoisotopic (exact) mass is 204 g/mol. The fraction of sp³-hybridized carbons (Fsp3) is 0.417. The molecule has 1 saturated carbocycles. The Kier molecular flexibility index (Phi) is 3.35. The van der Waals surface area contributed by atoms with Gasteiger partial charge in [0.1, 0.15) is 0 Å². The third kappa shape index (κ3) is 2.80. The molecule has 2 N–H and O–H groups in total. The molecule has 1 aromatic rings. The van der Waals surface area contributed by atoms with E-state index in [0.29, 0.717) is 6.54 Å². The first-order valence-corrected chi connectivity index (χ1v) is 5.43. The van der Waals surface area contributed by atoms with Crippen molar-refractivity contribution in [2.24, 2.45) is 5.92 Å². The summed E-state index contributed by atoms with van der Waals surface area (Å²) >= 11 is 0. The molecule has 3 nitrogen and oxygen atoms in total. The number of rotatable bonds is 4. The van der Waals surface area contributed by atoms with Crippen LogP contribution in [0.5, 0.6) is 0 Å². The maximum atomic E-state index is 11.4. The number of nitrogens with one attached hydrogen (secondary N) is 2. The van der Waals surface area contributed by atoms with E-state index < -0.39 is 0 Å². The summed E-state index contributed by atoms with van der Waals surface area (Å²) in [5.74, 6) is 0.380. The van der Waals surface area contributed by atoms with Crippen LogP contribution in [0.25, 0.3) is 0 Å². The van der Waals surface area contributed by atoms with Crippen molar-refractivity contribution in [2.75, 3.05) is 0 Å². The molecule has 0 bridgehead atoms. The summed E-state index contributed by atoms with van der Waals surface area (Å²) in [6.45, 7) is 0.680. The first-order valence-electron chi connectivity index (χ1n) is 5.43. The van der Waals surface area contributed by atoms with Crippen molar-refractivity contribution in [3.8, 4) is 0 Å². The molecule has 2 rings (SSSR count). The highest BCUT2D eigenvalue weighted by atomic mass is 16.2. The molecule has 1 aromatic carbocycles. The van der Waals surface area contributed by atoms with Gasteiger partial charge in [0.15, 0.2) is 0 Å². The summed E-state index contributed by atoms with van der Waals surface area (Å²) in [4.78, 5) is 11.4. The molecule has 0 unspecified atom stereocenters. The van der Waals surface area contributed by atoms with Crippen molar-refractivity contribution >= 4 is 5.91 Å². The summed E-state index contributed by atoms with van der Waals surface area (Å²) < 4.78 is 0. The number of hydrogen-bond donors (Lipinski definition) is 2. The van der Waals surface area contributed by atoms with E-state index in [2.05, 4.69) is 10.9 Å². The molecule has 0 saturated heterocycles. The Bertz CT molecular complexity index is 320. The van der Waals surface area contributed by atoms with Crippen molar-refractivity contribution in [1.29, 1.82) is 0 Å². The minimum absolute atomic E-state index is 0.136. The topological polar surface area (TPSA) is 41.1 Å². The van der Waals surface area contributed by atoms with Gasteiger partial charge in [-0.05, 0) is 18.4 Å². The summed E-state index contributed by atoms with van der Waals surface area (Å²) in [5, 5.41) is 0. The van der Waals surface area contributed by atoms with E-state index in [-0.39, 0.29) is 11.8 Å². The van der Waals surface area contributed by atoms with Gasteiger partial charge in [0, 0.05) is 12.5 Å². The fourth-order valence-electron chi connectivity index (χ4n) is 1.60. The number of carbonyl (C=O) groups is 1. The van der Waals surface area contributed by atoms with Crippen molar-refractivity contribution in [3.63, 3.8) is 0 Å². The van der Waals surface area contributed by atoms with E-state index in [1.54, 1.807) is 0 Å². The molecule has 1 aliphatic rings. The van der Waals surface area contributed by atoms with E-state index in [1.807, 2.05) is 30.3 Å². The van der Waals surface area contributed by atoms with Gasteiger partial charge in [-0.25, -0.2) is 5.43 Å². The van der Waals surface area contributed by atoms with Gasteiger partial charge in [-0.15, -0.1) is 0 Å². The Labute approximate surface area is 89.8 Å². The van der Waals surface area contributed by atoms with Gasteiger partial charge in [-0.3, -0.25) is 10.2 Å². The smallest absolute Gasteiger partial charge is 0.237 e. The van der Waals surface area contributed by atoms with Crippen molar-refractivity contribution in [3.05, 3.63) is 35.9 Å². The molecule has 1 amide bonds. The van der Waals surface area contributed by atoms with E-state index in [4.69, 9.17) is 0 Å². The molecule has 0 radical (unpaired) electrons. The van der Waals surface area contributed by atoms with Crippen LogP contribution in [0.1, 0.15) is 24.8 Å². The number of hydrazine groups is 1. The van der Waals surface area contributed by atoms with E-state index in [1.165, 1.54) is 12.0 Å². The maximum absolute atomic E-state index is 11.4. The van der Waals surface area contributed by atoms with Gasteiger partial charge in [-0.2, -0.15) is 0 Å². The van der Waals surface area contributed by atoms with Crippen LogP contribution in [-0.2, 0) is 11.3 Å². The van der Waals surface area contributed by atoms with Crippen LogP contribution in [0.15, 0.2) is 30.3 Å². The normalized spacial score (nSPS) is 15.7. The number of carbonyl (C=O) groups excluding carboxylic acids is 1. The average molecular weight is 204 g/mol. The summed E-state index contributed by atoms with van der Waals surface area (Å²) in [7, 11) is 0. The zero-order valence-electron chi connectivity index (χ0n) is 8.70. The highest BCUT2D eigenvalue weighted by Crippen LogP contribution is 2.25. The molecule has 3 heteroatoms. The van der Waals surface area contributed by atoms with E-state index in [9.17, 15) is 4.79 Å². The second-order valence-electron chi connectivity index (χ2n) is 3.96. The second-order valence-corrected chi connectivity index (χ2v) is 3.96. The lowest BCUT2D eigenvalue weighted by molar-refractivity contribution is -0.128. The second kappa shape index (κ2) is 4.94. The van der Waals surface area contributed by atoms with Gasteiger partial charge < -0.3 is 0 Å². The van der Waals surface area contributed by atoms with Crippen LogP contribution in [-0.4, -0.2) is 5.91 Å². The Hall–Kier alpha value is -1.35. The molecule has 0 aromatic heterocycles. The summed E-state index contributed by atoms with van der Waals surface area (Å²) in [6, 6.07) is 10.0. The van der Waals surface area contributed by atoms with Crippen LogP contribution in [0.2, 0.25) is 0 Å². The molecule has 0 aliphatic heterocycles. The maximum Gasteiger partial charge on any atom is 0.237 e. The Morgan fingerprint density at radius 1 is 1.27 bits per heavy atom. The largest absolute Gasteiger partial charge is 0.291 e. The minimum Gasteiger partial charge on any atom is -0.291 e. The minimum atomic E-state index is 0.136. The van der Waals surface area contributed by atoms with Crippen LogP contribution in [0, 0.1) is 5.92 Å². The lowest BCUT2D eigenvalue weighted by Crippen LogP contribution is -2.42. The molecule has 80 valence electrons. The highest BCUT2D eigenvalue weighted by Gasteiger charge is 2.24. The van der Waals surface area contributed by atoms with Crippen LogP contribution in [0.4, 0.5) is 0 Å². The zero-order valence-corrected chi connectivity index (χ0v) is 8.70. The fourth-order valence-corrected chi connectivity index (χ4v) is 1.60. The Balaban J connectivity index is 1.68. The molecule has 1 aliphatic carbocycles. The summed E-state index contributed by atoms with van der Waals surface area (Å²) in [6.07, 6.45) is 3.27. The predicted molar refractivity (Wildman–Crippen MR) is 58.8 cm³/mol. The SMILES string of the molecule is O=C(NNCc1ccccc1)C1CCC1. The van der Waals surface area contributed by atoms with Gasteiger partial charge in [0.25, 0.3) is 0 Å². The highest BCUT2D eigenvalue weighted by molar-refractivity contribution is 5.78. The molecule has 0 heterocycles. The van der Waals surface area contributed by atoms with E-state index >= 15 is 0 Å². The van der Waals surface area contributed by atoms with Crippen molar-refractivity contribution in [2.45, 2.75) is 25.8 Å². The third-order valence-electron chi connectivity index (χ3n) is 2.82.